The number of halogens is 1. The van der Waals surface area contributed by atoms with Crippen LogP contribution in [0.15, 0.2) is 40.9 Å². The van der Waals surface area contributed by atoms with Crippen molar-refractivity contribution in [3.63, 3.8) is 0 Å². The number of benzene rings is 2. The van der Waals surface area contributed by atoms with Gasteiger partial charge in [-0.25, -0.2) is 0 Å². The molecule has 0 aliphatic carbocycles. The van der Waals surface area contributed by atoms with E-state index in [9.17, 15) is 0 Å². The van der Waals surface area contributed by atoms with Crippen LogP contribution in [0.4, 0.5) is 0 Å². The summed E-state index contributed by atoms with van der Waals surface area (Å²) in [5.41, 5.74) is 1.31. The second-order valence-electron chi connectivity index (χ2n) is 4.33. The van der Waals surface area contributed by atoms with E-state index in [4.69, 9.17) is 4.74 Å². The molecule has 1 N–H and O–H groups in total. The van der Waals surface area contributed by atoms with E-state index in [1.165, 1.54) is 16.3 Å². The summed E-state index contributed by atoms with van der Waals surface area (Å²) in [7, 11) is 0. The van der Waals surface area contributed by atoms with Crippen molar-refractivity contribution in [2.45, 2.75) is 6.04 Å². The van der Waals surface area contributed by atoms with Crippen molar-refractivity contribution in [1.29, 1.82) is 0 Å². The minimum atomic E-state index is 0.330. The lowest BCUT2D eigenvalue weighted by atomic mass is 10.0. The van der Waals surface area contributed by atoms with Crippen LogP contribution in [0.3, 0.4) is 0 Å². The van der Waals surface area contributed by atoms with Gasteiger partial charge in [-0.2, -0.15) is 0 Å². The normalized spacial score (nSPS) is 20.6. The average Bonchev–Trinajstić information content (AvgIpc) is 2.39. The van der Waals surface area contributed by atoms with E-state index in [0.717, 1.165) is 24.2 Å². The first kappa shape index (κ1) is 11.2. The molecule has 1 fully saturated rings. The third-order valence-corrected chi connectivity index (χ3v) is 3.64. The lowest BCUT2D eigenvalue weighted by Crippen LogP contribution is -2.34. The third kappa shape index (κ3) is 2.37. The Balaban J connectivity index is 1.98. The molecule has 3 rings (SSSR count). The summed E-state index contributed by atoms with van der Waals surface area (Å²) in [5, 5.41) is 6.02. The van der Waals surface area contributed by atoms with Crippen LogP contribution in [0.5, 0.6) is 0 Å². The molecule has 1 aliphatic heterocycles. The van der Waals surface area contributed by atoms with Gasteiger partial charge in [-0.3, -0.25) is 0 Å². The molecule has 1 saturated heterocycles. The van der Waals surface area contributed by atoms with Crippen molar-refractivity contribution in [2.24, 2.45) is 0 Å². The average molecular weight is 292 g/mol. The van der Waals surface area contributed by atoms with Crippen molar-refractivity contribution in [2.75, 3.05) is 19.8 Å². The predicted octanol–water partition coefficient (Wildman–Crippen LogP) is 3.26. The maximum Gasteiger partial charge on any atom is 0.0662 e. The quantitative estimate of drug-likeness (QED) is 0.871. The molecule has 0 saturated carbocycles. The zero-order chi connectivity index (χ0) is 11.7. The molecule has 1 heterocycles. The van der Waals surface area contributed by atoms with E-state index in [0.29, 0.717) is 6.04 Å². The lowest BCUT2D eigenvalue weighted by molar-refractivity contribution is 0.0769. The van der Waals surface area contributed by atoms with Crippen molar-refractivity contribution in [3.8, 4) is 0 Å². The molecular weight excluding hydrogens is 278 g/mol. The molecule has 3 heteroatoms. The monoisotopic (exact) mass is 291 g/mol. The van der Waals surface area contributed by atoms with Crippen molar-refractivity contribution in [1.82, 2.24) is 5.32 Å². The molecule has 0 spiro atoms. The van der Waals surface area contributed by atoms with Crippen LogP contribution in [-0.4, -0.2) is 19.8 Å². The van der Waals surface area contributed by atoms with Crippen molar-refractivity contribution >= 4 is 26.7 Å². The number of morpholine rings is 1. The van der Waals surface area contributed by atoms with E-state index in [1.807, 2.05) is 0 Å². The van der Waals surface area contributed by atoms with Gasteiger partial charge in [-0.1, -0.05) is 34.1 Å². The van der Waals surface area contributed by atoms with Gasteiger partial charge in [0.05, 0.1) is 19.3 Å². The van der Waals surface area contributed by atoms with Crippen molar-refractivity contribution in [3.05, 3.63) is 46.4 Å². The standard InChI is InChI=1S/C14H14BrNO/c15-13-4-3-10-7-12(2-1-11(10)8-13)14-9-17-6-5-16-14/h1-4,7-8,14,16H,5-6,9H2. The SMILES string of the molecule is Brc1ccc2cc(C3COCCN3)ccc2c1. The summed E-state index contributed by atoms with van der Waals surface area (Å²) in [6.45, 7) is 2.52. The minimum Gasteiger partial charge on any atom is -0.378 e. The van der Waals surface area contributed by atoms with Gasteiger partial charge in [-0.05, 0) is 34.5 Å². The molecule has 88 valence electrons. The topological polar surface area (TPSA) is 21.3 Å². The molecule has 0 aromatic heterocycles. The van der Waals surface area contributed by atoms with Gasteiger partial charge in [0.2, 0.25) is 0 Å². The third-order valence-electron chi connectivity index (χ3n) is 3.15. The first-order valence-corrected chi connectivity index (χ1v) is 6.62. The van der Waals surface area contributed by atoms with Crippen LogP contribution in [0, 0.1) is 0 Å². The Kier molecular flexibility index (Phi) is 3.14. The van der Waals surface area contributed by atoms with Gasteiger partial charge in [0, 0.05) is 11.0 Å². The van der Waals surface area contributed by atoms with Gasteiger partial charge in [0.15, 0.2) is 0 Å². The van der Waals surface area contributed by atoms with E-state index in [-0.39, 0.29) is 0 Å². The zero-order valence-corrected chi connectivity index (χ0v) is 11.0. The molecule has 2 aromatic carbocycles. The molecular formula is C14H14BrNO. The number of fused-ring (bicyclic) bond motifs is 1. The first-order chi connectivity index (χ1) is 8.33. The Morgan fingerprint density at radius 3 is 2.76 bits per heavy atom. The second-order valence-corrected chi connectivity index (χ2v) is 5.25. The Bertz CT molecular complexity index is 535. The van der Waals surface area contributed by atoms with Crippen LogP contribution < -0.4 is 5.32 Å². The van der Waals surface area contributed by atoms with Crippen LogP contribution in [0.1, 0.15) is 11.6 Å². The highest BCUT2D eigenvalue weighted by molar-refractivity contribution is 9.10. The summed E-state index contributed by atoms with van der Waals surface area (Å²) in [6, 6.07) is 13.3. The summed E-state index contributed by atoms with van der Waals surface area (Å²) in [4.78, 5) is 0. The van der Waals surface area contributed by atoms with Gasteiger partial charge in [0.1, 0.15) is 0 Å². The fourth-order valence-electron chi connectivity index (χ4n) is 2.23. The maximum atomic E-state index is 5.50. The summed E-state index contributed by atoms with van der Waals surface area (Å²) < 4.78 is 6.62. The molecule has 0 amide bonds. The number of hydrogen-bond acceptors (Lipinski definition) is 2. The summed E-state index contributed by atoms with van der Waals surface area (Å²) in [5.74, 6) is 0. The van der Waals surface area contributed by atoms with Crippen LogP contribution >= 0.6 is 15.9 Å². The molecule has 0 bridgehead atoms. The Morgan fingerprint density at radius 1 is 1.12 bits per heavy atom. The number of nitrogens with one attached hydrogen (secondary N) is 1. The van der Waals surface area contributed by atoms with Crippen LogP contribution in [0.25, 0.3) is 10.8 Å². The fraction of sp³-hybridized carbons (Fsp3) is 0.286. The molecule has 0 radical (unpaired) electrons. The largest absolute Gasteiger partial charge is 0.378 e. The Hall–Kier alpha value is -0.900. The second kappa shape index (κ2) is 4.77. The number of rotatable bonds is 1. The number of ether oxygens (including phenoxy) is 1. The highest BCUT2D eigenvalue weighted by Gasteiger charge is 2.15. The smallest absolute Gasteiger partial charge is 0.0662 e. The van der Waals surface area contributed by atoms with Gasteiger partial charge < -0.3 is 10.1 Å². The minimum absolute atomic E-state index is 0.330. The molecule has 17 heavy (non-hydrogen) atoms. The Labute approximate surface area is 109 Å². The number of hydrogen-bond donors (Lipinski definition) is 1. The van der Waals surface area contributed by atoms with E-state index in [2.05, 4.69) is 57.6 Å². The fourth-order valence-corrected chi connectivity index (χ4v) is 2.61. The lowest BCUT2D eigenvalue weighted by Gasteiger charge is -2.24. The molecule has 1 aliphatic rings. The molecule has 2 nitrogen and oxygen atoms in total. The van der Waals surface area contributed by atoms with Gasteiger partial charge in [0.25, 0.3) is 0 Å². The molecule has 2 aromatic rings. The van der Waals surface area contributed by atoms with Crippen LogP contribution in [0.2, 0.25) is 0 Å². The van der Waals surface area contributed by atoms with Gasteiger partial charge >= 0.3 is 0 Å². The first-order valence-electron chi connectivity index (χ1n) is 5.83. The van der Waals surface area contributed by atoms with E-state index >= 15 is 0 Å². The highest BCUT2D eigenvalue weighted by Crippen LogP contribution is 2.24. The zero-order valence-electron chi connectivity index (χ0n) is 9.45. The summed E-state index contributed by atoms with van der Waals surface area (Å²) >= 11 is 3.50. The Morgan fingerprint density at radius 2 is 1.94 bits per heavy atom. The summed E-state index contributed by atoms with van der Waals surface area (Å²) in [6.07, 6.45) is 0. The van der Waals surface area contributed by atoms with Crippen molar-refractivity contribution < 1.29 is 4.74 Å². The predicted molar refractivity (Wildman–Crippen MR) is 73.2 cm³/mol. The van der Waals surface area contributed by atoms with Crippen LogP contribution in [-0.2, 0) is 4.74 Å². The van der Waals surface area contributed by atoms with Gasteiger partial charge in [-0.15, -0.1) is 0 Å². The highest BCUT2D eigenvalue weighted by atomic mass is 79.9. The van der Waals surface area contributed by atoms with E-state index < -0.39 is 0 Å². The van der Waals surface area contributed by atoms with E-state index in [1.54, 1.807) is 0 Å². The maximum absolute atomic E-state index is 5.50. The molecule has 1 atom stereocenters. The molecule has 1 unspecified atom stereocenters.